The largest absolute Gasteiger partial charge is 0.396 e. The summed E-state index contributed by atoms with van der Waals surface area (Å²) in [5, 5.41) is 20.6. The van der Waals surface area contributed by atoms with Gasteiger partial charge in [-0.2, -0.15) is 13.2 Å². The Hall–Kier alpha value is -0.330. The lowest BCUT2D eigenvalue weighted by Crippen LogP contribution is -2.38. The molecule has 0 heterocycles. The number of aliphatic hydroxyl groups is 2. The van der Waals surface area contributed by atoms with Gasteiger partial charge in [0.2, 0.25) is 0 Å². The molecular formula is C9H18F3NO2. The van der Waals surface area contributed by atoms with Crippen molar-refractivity contribution in [2.75, 3.05) is 26.3 Å². The monoisotopic (exact) mass is 229 g/mol. The summed E-state index contributed by atoms with van der Waals surface area (Å²) in [5.74, 6) is 0. The minimum absolute atomic E-state index is 0.0104. The van der Waals surface area contributed by atoms with Crippen LogP contribution in [0.4, 0.5) is 13.2 Å². The highest BCUT2D eigenvalue weighted by Gasteiger charge is 2.26. The molecule has 15 heavy (non-hydrogen) atoms. The molecule has 6 heteroatoms. The molecule has 0 aromatic heterocycles. The Bertz CT molecular complexity index is 169. The Morgan fingerprint density at radius 1 is 1.13 bits per heavy atom. The highest BCUT2D eigenvalue weighted by molar-refractivity contribution is 4.74. The highest BCUT2D eigenvalue weighted by atomic mass is 19.4. The molecule has 0 saturated carbocycles. The van der Waals surface area contributed by atoms with E-state index in [1.165, 1.54) is 0 Å². The van der Waals surface area contributed by atoms with Crippen molar-refractivity contribution < 1.29 is 23.4 Å². The van der Waals surface area contributed by atoms with Crippen molar-refractivity contribution in [2.45, 2.75) is 25.9 Å². The van der Waals surface area contributed by atoms with Crippen LogP contribution in [0, 0.1) is 5.41 Å². The Morgan fingerprint density at radius 3 is 2.07 bits per heavy atom. The summed E-state index contributed by atoms with van der Waals surface area (Å²) in [7, 11) is 0. The van der Waals surface area contributed by atoms with E-state index in [0.717, 1.165) is 0 Å². The van der Waals surface area contributed by atoms with E-state index in [1.54, 1.807) is 6.92 Å². The molecule has 0 unspecified atom stereocenters. The lowest BCUT2D eigenvalue weighted by molar-refractivity contribution is -0.135. The van der Waals surface area contributed by atoms with Crippen LogP contribution in [0.25, 0.3) is 0 Å². The number of nitrogens with one attached hydrogen (secondary N) is 1. The number of alkyl halides is 3. The zero-order valence-electron chi connectivity index (χ0n) is 8.77. The van der Waals surface area contributed by atoms with Crippen molar-refractivity contribution in [3.05, 3.63) is 0 Å². The molecule has 0 bridgehead atoms. The van der Waals surface area contributed by atoms with Crippen molar-refractivity contribution in [3.8, 4) is 0 Å². The van der Waals surface area contributed by atoms with Crippen LogP contribution >= 0.6 is 0 Å². The summed E-state index contributed by atoms with van der Waals surface area (Å²) >= 11 is 0. The molecule has 0 aromatic rings. The van der Waals surface area contributed by atoms with E-state index in [2.05, 4.69) is 5.32 Å². The molecule has 3 nitrogen and oxygen atoms in total. The molecular weight excluding hydrogens is 211 g/mol. The van der Waals surface area contributed by atoms with Gasteiger partial charge in [-0.25, -0.2) is 0 Å². The summed E-state index contributed by atoms with van der Waals surface area (Å²) in [6, 6.07) is 0. The fourth-order valence-electron chi connectivity index (χ4n) is 0.966. The second-order valence-corrected chi connectivity index (χ2v) is 4.02. The quantitative estimate of drug-likeness (QED) is 0.569. The molecule has 0 saturated heterocycles. The second-order valence-electron chi connectivity index (χ2n) is 4.02. The average molecular weight is 229 g/mol. The van der Waals surface area contributed by atoms with E-state index in [1.807, 2.05) is 0 Å². The normalized spacial score (nSPS) is 13.2. The zero-order valence-corrected chi connectivity index (χ0v) is 8.77. The predicted octanol–water partition coefficient (Wildman–Crippen LogP) is 0.909. The van der Waals surface area contributed by atoms with Gasteiger partial charge in [0.05, 0.1) is 13.2 Å². The fraction of sp³-hybridized carbons (Fsp3) is 1.00. The minimum atomic E-state index is -4.11. The summed E-state index contributed by atoms with van der Waals surface area (Å²) in [6.07, 6.45) is -4.91. The Labute approximate surface area is 87.3 Å². The van der Waals surface area contributed by atoms with Crippen molar-refractivity contribution >= 4 is 0 Å². The molecule has 0 fully saturated rings. The zero-order chi connectivity index (χ0) is 11.9. The summed E-state index contributed by atoms with van der Waals surface area (Å²) in [6.45, 7) is 1.79. The SMILES string of the molecule is CC(CO)(CO)CNCCCC(F)(F)F. The predicted molar refractivity (Wildman–Crippen MR) is 50.4 cm³/mol. The minimum Gasteiger partial charge on any atom is -0.396 e. The first-order chi connectivity index (χ1) is 6.83. The van der Waals surface area contributed by atoms with Gasteiger partial charge in [-0.3, -0.25) is 0 Å². The third kappa shape index (κ3) is 7.58. The second kappa shape index (κ2) is 6.30. The molecule has 92 valence electrons. The van der Waals surface area contributed by atoms with Crippen LogP contribution in [0.5, 0.6) is 0 Å². The van der Waals surface area contributed by atoms with Gasteiger partial charge in [0.15, 0.2) is 0 Å². The van der Waals surface area contributed by atoms with Gasteiger partial charge in [0, 0.05) is 18.4 Å². The van der Waals surface area contributed by atoms with Gasteiger partial charge in [0.1, 0.15) is 0 Å². The topological polar surface area (TPSA) is 52.5 Å². The number of hydrogen-bond donors (Lipinski definition) is 3. The summed E-state index contributed by atoms with van der Waals surface area (Å²) in [5.41, 5.74) is -0.668. The molecule has 0 spiro atoms. The Morgan fingerprint density at radius 2 is 1.67 bits per heavy atom. The van der Waals surface area contributed by atoms with Gasteiger partial charge in [0.25, 0.3) is 0 Å². The molecule has 3 N–H and O–H groups in total. The van der Waals surface area contributed by atoms with E-state index in [0.29, 0.717) is 6.54 Å². The van der Waals surface area contributed by atoms with Crippen LogP contribution in [0.1, 0.15) is 19.8 Å². The number of hydrogen-bond acceptors (Lipinski definition) is 3. The molecule has 0 aromatic carbocycles. The van der Waals surface area contributed by atoms with Crippen LogP contribution in [-0.2, 0) is 0 Å². The molecule has 0 rings (SSSR count). The molecule has 0 aliphatic carbocycles. The third-order valence-electron chi connectivity index (χ3n) is 2.13. The van der Waals surface area contributed by atoms with Gasteiger partial charge < -0.3 is 15.5 Å². The number of halogens is 3. The standard InChI is InChI=1S/C9H18F3NO2/c1-8(6-14,7-15)5-13-4-2-3-9(10,11)12/h13-15H,2-7H2,1H3. The van der Waals surface area contributed by atoms with Gasteiger partial charge in [-0.1, -0.05) is 6.92 Å². The molecule has 0 aliphatic heterocycles. The van der Waals surface area contributed by atoms with Crippen LogP contribution in [0.2, 0.25) is 0 Å². The lowest BCUT2D eigenvalue weighted by Gasteiger charge is -2.24. The van der Waals surface area contributed by atoms with Crippen molar-refractivity contribution in [3.63, 3.8) is 0 Å². The van der Waals surface area contributed by atoms with E-state index in [9.17, 15) is 13.2 Å². The average Bonchev–Trinajstić information content (AvgIpc) is 2.15. The highest BCUT2D eigenvalue weighted by Crippen LogP contribution is 2.20. The van der Waals surface area contributed by atoms with Gasteiger partial charge in [-0.05, 0) is 13.0 Å². The third-order valence-corrected chi connectivity index (χ3v) is 2.13. The maximum Gasteiger partial charge on any atom is 0.389 e. The van der Waals surface area contributed by atoms with E-state index in [4.69, 9.17) is 10.2 Å². The number of aliphatic hydroxyl groups excluding tert-OH is 2. The first kappa shape index (κ1) is 14.7. The van der Waals surface area contributed by atoms with Crippen molar-refractivity contribution in [2.24, 2.45) is 5.41 Å². The Balaban J connectivity index is 3.54. The first-order valence-electron chi connectivity index (χ1n) is 4.82. The van der Waals surface area contributed by atoms with Crippen LogP contribution < -0.4 is 5.32 Å². The first-order valence-corrected chi connectivity index (χ1v) is 4.82. The fourth-order valence-corrected chi connectivity index (χ4v) is 0.966. The summed E-state index contributed by atoms with van der Waals surface area (Å²) < 4.78 is 35.2. The number of rotatable bonds is 7. The maximum atomic E-state index is 11.7. The molecule has 0 radical (unpaired) electrons. The molecule has 0 amide bonds. The van der Waals surface area contributed by atoms with E-state index in [-0.39, 0.29) is 26.2 Å². The molecule has 0 aliphatic rings. The van der Waals surface area contributed by atoms with E-state index < -0.39 is 18.0 Å². The Kier molecular flexibility index (Phi) is 6.16. The summed E-state index contributed by atoms with van der Waals surface area (Å²) in [4.78, 5) is 0. The van der Waals surface area contributed by atoms with Crippen LogP contribution in [-0.4, -0.2) is 42.7 Å². The van der Waals surface area contributed by atoms with Crippen molar-refractivity contribution in [1.29, 1.82) is 0 Å². The smallest absolute Gasteiger partial charge is 0.389 e. The van der Waals surface area contributed by atoms with Gasteiger partial charge >= 0.3 is 6.18 Å². The lowest BCUT2D eigenvalue weighted by atomic mass is 9.93. The van der Waals surface area contributed by atoms with Crippen LogP contribution in [0.3, 0.4) is 0 Å². The van der Waals surface area contributed by atoms with Crippen LogP contribution in [0.15, 0.2) is 0 Å². The molecule has 0 atom stereocenters. The maximum absolute atomic E-state index is 11.7. The van der Waals surface area contributed by atoms with E-state index >= 15 is 0 Å². The van der Waals surface area contributed by atoms with Gasteiger partial charge in [-0.15, -0.1) is 0 Å². The van der Waals surface area contributed by atoms with Crippen molar-refractivity contribution in [1.82, 2.24) is 5.32 Å².